The lowest BCUT2D eigenvalue weighted by Crippen LogP contribution is -2.12. The molecule has 1 heterocycles. The number of amides is 1. The van der Waals surface area contributed by atoms with Gasteiger partial charge in [-0.3, -0.25) is 4.79 Å². The van der Waals surface area contributed by atoms with Crippen LogP contribution in [0.25, 0.3) is 0 Å². The molecule has 4 nitrogen and oxygen atoms in total. The molecule has 1 N–H and O–H groups in total. The minimum Gasteiger partial charge on any atom is -0.481 e. The second kappa shape index (κ2) is 6.91. The molecule has 0 fully saturated rings. The van der Waals surface area contributed by atoms with Crippen LogP contribution in [0.3, 0.4) is 0 Å². The minimum absolute atomic E-state index is 0.0492. The van der Waals surface area contributed by atoms with Gasteiger partial charge in [0, 0.05) is 17.5 Å². The molecule has 1 aromatic carbocycles. The standard InChI is InChI=1S/C15H15ClN2O2/c1-20-15-9-7-13(10-17-15)18-14(19)8-4-11-2-5-12(16)6-3-11/h2-3,5-7,9-10H,4,8H2,1H3,(H,18,19). The summed E-state index contributed by atoms with van der Waals surface area (Å²) >= 11 is 5.81. The third kappa shape index (κ3) is 4.24. The van der Waals surface area contributed by atoms with E-state index in [1.165, 1.54) is 0 Å². The van der Waals surface area contributed by atoms with Crippen LogP contribution in [0.1, 0.15) is 12.0 Å². The van der Waals surface area contributed by atoms with Crippen LogP contribution in [0.2, 0.25) is 5.02 Å². The average molecular weight is 291 g/mol. The van der Waals surface area contributed by atoms with Gasteiger partial charge in [-0.05, 0) is 30.2 Å². The summed E-state index contributed by atoms with van der Waals surface area (Å²) in [6.07, 6.45) is 2.65. The van der Waals surface area contributed by atoms with E-state index in [1.807, 2.05) is 24.3 Å². The molecule has 0 radical (unpaired) electrons. The van der Waals surface area contributed by atoms with Gasteiger partial charge in [0.1, 0.15) is 0 Å². The van der Waals surface area contributed by atoms with E-state index in [4.69, 9.17) is 16.3 Å². The van der Waals surface area contributed by atoms with Crippen LogP contribution in [-0.4, -0.2) is 18.0 Å². The average Bonchev–Trinajstić information content (AvgIpc) is 2.47. The minimum atomic E-state index is -0.0492. The van der Waals surface area contributed by atoms with Gasteiger partial charge >= 0.3 is 0 Å². The van der Waals surface area contributed by atoms with E-state index in [-0.39, 0.29) is 5.91 Å². The smallest absolute Gasteiger partial charge is 0.224 e. The SMILES string of the molecule is COc1ccc(NC(=O)CCc2ccc(Cl)cc2)cn1. The second-order valence-corrected chi connectivity index (χ2v) is 4.70. The van der Waals surface area contributed by atoms with Crippen molar-refractivity contribution in [3.8, 4) is 5.88 Å². The van der Waals surface area contributed by atoms with Gasteiger partial charge in [0.15, 0.2) is 0 Å². The first-order chi connectivity index (χ1) is 9.67. The lowest BCUT2D eigenvalue weighted by Gasteiger charge is -2.06. The molecule has 2 aromatic rings. The third-order valence-corrected chi connectivity index (χ3v) is 3.04. The molecule has 0 unspecified atom stereocenters. The number of carbonyl (C=O) groups is 1. The van der Waals surface area contributed by atoms with E-state index in [2.05, 4.69) is 10.3 Å². The first-order valence-corrected chi connectivity index (χ1v) is 6.59. The molecule has 0 spiro atoms. The number of nitrogens with one attached hydrogen (secondary N) is 1. The molecule has 2 rings (SSSR count). The first-order valence-electron chi connectivity index (χ1n) is 6.22. The van der Waals surface area contributed by atoms with Gasteiger partial charge in [-0.2, -0.15) is 0 Å². The number of anilines is 1. The van der Waals surface area contributed by atoms with E-state index in [1.54, 1.807) is 25.4 Å². The number of rotatable bonds is 5. The van der Waals surface area contributed by atoms with Crippen LogP contribution in [0.5, 0.6) is 5.88 Å². The Morgan fingerprint density at radius 2 is 2.00 bits per heavy atom. The lowest BCUT2D eigenvalue weighted by molar-refractivity contribution is -0.116. The summed E-state index contributed by atoms with van der Waals surface area (Å²) in [4.78, 5) is 15.8. The van der Waals surface area contributed by atoms with Gasteiger partial charge in [0.25, 0.3) is 0 Å². The number of aryl methyl sites for hydroxylation is 1. The zero-order valence-corrected chi connectivity index (χ0v) is 11.9. The zero-order valence-electron chi connectivity index (χ0n) is 11.1. The van der Waals surface area contributed by atoms with Gasteiger partial charge in [-0.25, -0.2) is 4.98 Å². The summed E-state index contributed by atoms with van der Waals surface area (Å²) in [7, 11) is 1.55. The summed E-state index contributed by atoms with van der Waals surface area (Å²) in [5.74, 6) is 0.469. The molecule has 1 amide bonds. The molecule has 5 heteroatoms. The quantitative estimate of drug-likeness (QED) is 0.919. The summed E-state index contributed by atoms with van der Waals surface area (Å²) in [5.41, 5.74) is 1.74. The maximum atomic E-state index is 11.8. The highest BCUT2D eigenvalue weighted by molar-refractivity contribution is 6.30. The summed E-state index contributed by atoms with van der Waals surface area (Å²) in [5, 5.41) is 3.49. The van der Waals surface area contributed by atoms with Crippen molar-refractivity contribution in [1.29, 1.82) is 0 Å². The molecule has 0 aliphatic rings. The van der Waals surface area contributed by atoms with Crippen molar-refractivity contribution in [1.82, 2.24) is 4.98 Å². The van der Waals surface area contributed by atoms with Gasteiger partial charge in [-0.15, -0.1) is 0 Å². The molecule has 0 aliphatic heterocycles. The Morgan fingerprint density at radius 1 is 1.25 bits per heavy atom. The molecular formula is C15H15ClN2O2. The molecule has 0 saturated heterocycles. The number of methoxy groups -OCH3 is 1. The molecule has 0 aliphatic carbocycles. The summed E-state index contributed by atoms with van der Waals surface area (Å²) < 4.78 is 4.95. The molecule has 104 valence electrons. The highest BCUT2D eigenvalue weighted by Gasteiger charge is 2.04. The Labute approximate surface area is 122 Å². The molecule has 1 aromatic heterocycles. The molecule has 0 bridgehead atoms. The molecule has 0 atom stereocenters. The first kappa shape index (κ1) is 14.3. The van der Waals surface area contributed by atoms with Gasteiger partial charge in [-0.1, -0.05) is 23.7 Å². The maximum Gasteiger partial charge on any atom is 0.224 e. The number of hydrogen-bond acceptors (Lipinski definition) is 3. The van der Waals surface area contributed by atoms with Crippen molar-refractivity contribution < 1.29 is 9.53 Å². The van der Waals surface area contributed by atoms with Crippen molar-refractivity contribution in [2.45, 2.75) is 12.8 Å². The molecule has 20 heavy (non-hydrogen) atoms. The number of aromatic nitrogens is 1. The van der Waals surface area contributed by atoms with Crippen LogP contribution < -0.4 is 10.1 Å². The van der Waals surface area contributed by atoms with E-state index in [0.717, 1.165) is 5.56 Å². The van der Waals surface area contributed by atoms with Crippen LogP contribution in [0, 0.1) is 0 Å². The van der Waals surface area contributed by atoms with Crippen LogP contribution in [-0.2, 0) is 11.2 Å². The van der Waals surface area contributed by atoms with Crippen molar-refractivity contribution >= 4 is 23.2 Å². The number of carbonyl (C=O) groups excluding carboxylic acids is 1. The topological polar surface area (TPSA) is 51.2 Å². The second-order valence-electron chi connectivity index (χ2n) is 4.26. The summed E-state index contributed by atoms with van der Waals surface area (Å²) in [6.45, 7) is 0. The Balaban J connectivity index is 1.84. The van der Waals surface area contributed by atoms with Crippen LogP contribution in [0.15, 0.2) is 42.6 Å². The fourth-order valence-electron chi connectivity index (χ4n) is 1.71. The van der Waals surface area contributed by atoms with E-state index in [9.17, 15) is 4.79 Å². The summed E-state index contributed by atoms with van der Waals surface area (Å²) in [6, 6.07) is 10.9. The lowest BCUT2D eigenvalue weighted by atomic mass is 10.1. The fraction of sp³-hybridized carbons (Fsp3) is 0.200. The van der Waals surface area contributed by atoms with Crippen LogP contribution >= 0.6 is 11.6 Å². The van der Waals surface area contributed by atoms with Crippen LogP contribution in [0.4, 0.5) is 5.69 Å². The largest absolute Gasteiger partial charge is 0.481 e. The van der Waals surface area contributed by atoms with Crippen molar-refractivity contribution in [3.05, 3.63) is 53.2 Å². The third-order valence-electron chi connectivity index (χ3n) is 2.78. The number of hydrogen-bond donors (Lipinski definition) is 1. The van der Waals surface area contributed by atoms with Crippen molar-refractivity contribution in [2.24, 2.45) is 0 Å². The number of halogens is 1. The Bertz CT molecular complexity index is 567. The Kier molecular flexibility index (Phi) is 4.96. The van der Waals surface area contributed by atoms with Crippen molar-refractivity contribution in [3.63, 3.8) is 0 Å². The van der Waals surface area contributed by atoms with Gasteiger partial charge in [0.2, 0.25) is 11.8 Å². The Morgan fingerprint density at radius 3 is 2.60 bits per heavy atom. The predicted octanol–water partition coefficient (Wildman–Crippen LogP) is 3.31. The number of ether oxygens (including phenoxy) is 1. The molecule has 0 saturated carbocycles. The Hall–Kier alpha value is -2.07. The monoisotopic (exact) mass is 290 g/mol. The predicted molar refractivity (Wildman–Crippen MR) is 79.2 cm³/mol. The van der Waals surface area contributed by atoms with E-state index < -0.39 is 0 Å². The van der Waals surface area contributed by atoms with E-state index >= 15 is 0 Å². The van der Waals surface area contributed by atoms with Gasteiger partial charge < -0.3 is 10.1 Å². The number of benzene rings is 1. The number of pyridine rings is 1. The fourth-order valence-corrected chi connectivity index (χ4v) is 1.83. The highest BCUT2D eigenvalue weighted by Crippen LogP contribution is 2.13. The highest BCUT2D eigenvalue weighted by atomic mass is 35.5. The normalized spacial score (nSPS) is 10.1. The van der Waals surface area contributed by atoms with Gasteiger partial charge in [0.05, 0.1) is 19.0 Å². The van der Waals surface area contributed by atoms with E-state index in [0.29, 0.717) is 29.4 Å². The number of nitrogens with zero attached hydrogens (tertiary/aromatic N) is 1. The maximum absolute atomic E-state index is 11.8. The zero-order chi connectivity index (χ0) is 14.4. The molecular weight excluding hydrogens is 276 g/mol. The van der Waals surface area contributed by atoms with Crippen molar-refractivity contribution in [2.75, 3.05) is 12.4 Å².